The number of rotatable bonds is 4. The molecular formula is C19H17FN2O2. The highest BCUT2D eigenvalue weighted by Gasteiger charge is 2.17. The zero-order chi connectivity index (χ0) is 17.1. The van der Waals surface area contributed by atoms with Crippen molar-refractivity contribution in [2.24, 2.45) is 0 Å². The third-order valence-corrected chi connectivity index (χ3v) is 3.73. The van der Waals surface area contributed by atoms with Crippen molar-refractivity contribution in [3.05, 3.63) is 76.9 Å². The number of benzene rings is 2. The number of carbonyl (C=O) groups is 1. The fourth-order valence-corrected chi connectivity index (χ4v) is 2.34. The minimum atomic E-state index is -0.535. The predicted octanol–water partition coefficient (Wildman–Crippen LogP) is 4.19. The summed E-state index contributed by atoms with van der Waals surface area (Å²) >= 11 is 0. The van der Waals surface area contributed by atoms with E-state index in [0.29, 0.717) is 22.6 Å². The second-order valence-corrected chi connectivity index (χ2v) is 5.58. The maximum atomic E-state index is 13.5. The third-order valence-electron chi connectivity index (χ3n) is 3.73. The van der Waals surface area contributed by atoms with E-state index in [2.05, 4.69) is 9.97 Å². The Labute approximate surface area is 139 Å². The van der Waals surface area contributed by atoms with Gasteiger partial charge in [-0.05, 0) is 31.0 Å². The summed E-state index contributed by atoms with van der Waals surface area (Å²) < 4.78 is 18.8. The fraction of sp³-hybridized carbons (Fsp3) is 0.158. The van der Waals surface area contributed by atoms with E-state index in [-0.39, 0.29) is 18.1 Å². The molecule has 1 heterocycles. The molecule has 0 aliphatic heterocycles. The van der Waals surface area contributed by atoms with Crippen LogP contribution < -0.4 is 0 Å². The molecule has 122 valence electrons. The van der Waals surface area contributed by atoms with Crippen LogP contribution in [0.5, 0.6) is 0 Å². The van der Waals surface area contributed by atoms with Crippen molar-refractivity contribution >= 4 is 5.97 Å². The van der Waals surface area contributed by atoms with Crippen LogP contribution in [0.15, 0.2) is 48.5 Å². The molecule has 24 heavy (non-hydrogen) atoms. The Morgan fingerprint density at radius 2 is 1.92 bits per heavy atom. The molecule has 0 saturated heterocycles. The normalized spacial score (nSPS) is 10.6. The van der Waals surface area contributed by atoms with Crippen molar-refractivity contribution in [1.82, 2.24) is 9.97 Å². The molecule has 2 aromatic carbocycles. The monoisotopic (exact) mass is 324 g/mol. The molecule has 0 unspecified atom stereocenters. The van der Waals surface area contributed by atoms with Gasteiger partial charge in [0.25, 0.3) is 0 Å². The van der Waals surface area contributed by atoms with E-state index in [9.17, 15) is 9.18 Å². The summed E-state index contributed by atoms with van der Waals surface area (Å²) in [4.78, 5) is 19.6. The van der Waals surface area contributed by atoms with Crippen LogP contribution in [-0.4, -0.2) is 15.9 Å². The molecule has 1 aromatic heterocycles. The highest BCUT2D eigenvalue weighted by molar-refractivity contribution is 5.89. The van der Waals surface area contributed by atoms with Gasteiger partial charge in [0.05, 0.1) is 0 Å². The predicted molar refractivity (Wildman–Crippen MR) is 89.0 cm³/mol. The first-order valence-corrected chi connectivity index (χ1v) is 7.59. The average Bonchev–Trinajstić information content (AvgIpc) is 2.98. The highest BCUT2D eigenvalue weighted by atomic mass is 19.1. The van der Waals surface area contributed by atoms with Crippen LogP contribution in [0.2, 0.25) is 0 Å². The summed E-state index contributed by atoms with van der Waals surface area (Å²) in [5.74, 6) is -0.237. The van der Waals surface area contributed by atoms with Crippen molar-refractivity contribution in [3.63, 3.8) is 0 Å². The van der Waals surface area contributed by atoms with E-state index in [0.717, 1.165) is 5.56 Å². The summed E-state index contributed by atoms with van der Waals surface area (Å²) in [5.41, 5.74) is 2.92. The molecule has 0 radical (unpaired) electrons. The van der Waals surface area contributed by atoms with E-state index in [4.69, 9.17) is 4.74 Å². The van der Waals surface area contributed by atoms with Gasteiger partial charge in [-0.3, -0.25) is 0 Å². The van der Waals surface area contributed by atoms with Gasteiger partial charge >= 0.3 is 5.97 Å². The highest BCUT2D eigenvalue weighted by Crippen LogP contribution is 2.18. The van der Waals surface area contributed by atoms with Crippen molar-refractivity contribution in [2.75, 3.05) is 0 Å². The lowest BCUT2D eigenvalue weighted by atomic mass is 10.1. The standard InChI is InChI=1S/C19H17FN2O2/c1-12-8-9-14(10-16(12)20)11-24-19(23)17-13(2)21-18(22-17)15-6-4-3-5-7-15/h3-10H,11H2,1-2H3,(H,21,22). The molecule has 0 spiro atoms. The number of esters is 1. The summed E-state index contributed by atoms with van der Waals surface area (Å²) in [5, 5.41) is 0. The van der Waals surface area contributed by atoms with Gasteiger partial charge in [0, 0.05) is 11.3 Å². The van der Waals surface area contributed by atoms with E-state index < -0.39 is 5.97 Å². The molecule has 0 atom stereocenters. The Morgan fingerprint density at radius 3 is 2.62 bits per heavy atom. The number of nitrogens with one attached hydrogen (secondary N) is 1. The molecule has 0 amide bonds. The Hall–Kier alpha value is -2.95. The second-order valence-electron chi connectivity index (χ2n) is 5.58. The number of nitrogens with zero attached hydrogens (tertiary/aromatic N) is 1. The van der Waals surface area contributed by atoms with Crippen molar-refractivity contribution in [3.8, 4) is 11.4 Å². The number of ether oxygens (including phenoxy) is 1. The lowest BCUT2D eigenvalue weighted by Gasteiger charge is -2.05. The van der Waals surface area contributed by atoms with Crippen LogP contribution in [0.4, 0.5) is 4.39 Å². The summed E-state index contributed by atoms with van der Waals surface area (Å²) in [6.45, 7) is 3.45. The Balaban J connectivity index is 1.73. The second kappa shape index (κ2) is 6.66. The maximum absolute atomic E-state index is 13.5. The molecule has 5 heteroatoms. The van der Waals surface area contributed by atoms with Gasteiger partial charge in [0.15, 0.2) is 5.69 Å². The Bertz CT molecular complexity index is 872. The minimum Gasteiger partial charge on any atom is -0.456 e. The first-order valence-electron chi connectivity index (χ1n) is 7.59. The van der Waals surface area contributed by atoms with Crippen molar-refractivity contribution in [2.45, 2.75) is 20.5 Å². The molecule has 0 saturated carbocycles. The van der Waals surface area contributed by atoms with E-state index in [1.807, 2.05) is 30.3 Å². The average molecular weight is 324 g/mol. The molecular weight excluding hydrogens is 307 g/mol. The van der Waals surface area contributed by atoms with Gasteiger partial charge in [0.2, 0.25) is 0 Å². The number of imidazole rings is 1. The maximum Gasteiger partial charge on any atom is 0.359 e. The smallest absolute Gasteiger partial charge is 0.359 e. The first-order chi connectivity index (χ1) is 11.5. The summed E-state index contributed by atoms with van der Waals surface area (Å²) in [6, 6.07) is 14.3. The molecule has 4 nitrogen and oxygen atoms in total. The lowest BCUT2D eigenvalue weighted by molar-refractivity contribution is 0.0465. The topological polar surface area (TPSA) is 55.0 Å². The SMILES string of the molecule is Cc1ccc(COC(=O)c2nc(-c3ccccc3)[nH]c2C)cc1F. The van der Waals surface area contributed by atoms with Crippen LogP contribution in [0.25, 0.3) is 11.4 Å². The first kappa shape index (κ1) is 15.9. The van der Waals surface area contributed by atoms with Crippen molar-refractivity contribution in [1.29, 1.82) is 0 Å². The van der Waals surface area contributed by atoms with Gasteiger partial charge in [0.1, 0.15) is 18.2 Å². The largest absolute Gasteiger partial charge is 0.456 e. The number of halogens is 1. The lowest BCUT2D eigenvalue weighted by Crippen LogP contribution is -2.07. The third kappa shape index (κ3) is 3.35. The van der Waals surface area contributed by atoms with Crippen LogP contribution >= 0.6 is 0 Å². The zero-order valence-corrected chi connectivity index (χ0v) is 13.5. The summed E-state index contributed by atoms with van der Waals surface area (Å²) in [6.07, 6.45) is 0. The number of aromatic amines is 1. The van der Waals surface area contributed by atoms with Crippen LogP contribution in [0.1, 0.15) is 27.3 Å². The van der Waals surface area contributed by atoms with E-state index in [1.54, 1.807) is 26.0 Å². The number of hydrogen-bond acceptors (Lipinski definition) is 3. The molecule has 3 rings (SSSR count). The number of aryl methyl sites for hydroxylation is 2. The van der Waals surface area contributed by atoms with Gasteiger partial charge in [-0.2, -0.15) is 0 Å². The van der Waals surface area contributed by atoms with Crippen LogP contribution in [0.3, 0.4) is 0 Å². The number of hydrogen-bond donors (Lipinski definition) is 1. The van der Waals surface area contributed by atoms with Gasteiger partial charge in [-0.1, -0.05) is 42.5 Å². The molecule has 3 aromatic rings. The van der Waals surface area contributed by atoms with Crippen LogP contribution in [0, 0.1) is 19.7 Å². The summed E-state index contributed by atoms with van der Waals surface area (Å²) in [7, 11) is 0. The van der Waals surface area contributed by atoms with Gasteiger partial charge < -0.3 is 9.72 Å². The van der Waals surface area contributed by atoms with E-state index >= 15 is 0 Å². The zero-order valence-electron chi connectivity index (χ0n) is 13.5. The number of carbonyl (C=O) groups excluding carboxylic acids is 1. The molecule has 0 aliphatic rings. The van der Waals surface area contributed by atoms with Crippen LogP contribution in [-0.2, 0) is 11.3 Å². The Morgan fingerprint density at radius 1 is 1.17 bits per heavy atom. The molecule has 0 bridgehead atoms. The fourth-order valence-electron chi connectivity index (χ4n) is 2.34. The Kier molecular flexibility index (Phi) is 4.42. The van der Waals surface area contributed by atoms with Gasteiger partial charge in [-0.25, -0.2) is 14.2 Å². The van der Waals surface area contributed by atoms with Crippen molar-refractivity contribution < 1.29 is 13.9 Å². The quantitative estimate of drug-likeness (QED) is 0.732. The van der Waals surface area contributed by atoms with Gasteiger partial charge in [-0.15, -0.1) is 0 Å². The molecule has 0 aliphatic carbocycles. The molecule has 1 N–H and O–H groups in total. The molecule has 0 fully saturated rings. The van der Waals surface area contributed by atoms with E-state index in [1.165, 1.54) is 6.07 Å². The minimum absolute atomic E-state index is 0.00298. The number of H-pyrrole nitrogens is 1. The number of aromatic nitrogens is 2.